The van der Waals surface area contributed by atoms with Gasteiger partial charge in [0.05, 0.1) is 0 Å². The molecule has 0 unspecified atom stereocenters. The van der Waals surface area contributed by atoms with Crippen molar-refractivity contribution >= 4 is 41.7 Å². The number of guanidine groups is 1. The van der Waals surface area contributed by atoms with Gasteiger partial charge in [0.2, 0.25) is 5.91 Å². The molecule has 2 heterocycles. The molecule has 0 spiro atoms. The Morgan fingerprint density at radius 3 is 2.71 bits per heavy atom. The van der Waals surface area contributed by atoms with Crippen molar-refractivity contribution in [2.24, 2.45) is 10.9 Å². The number of nitrogens with zero attached hydrogens (tertiary/aromatic N) is 3. The Morgan fingerprint density at radius 2 is 2.08 bits per heavy atom. The summed E-state index contributed by atoms with van der Waals surface area (Å²) in [6.07, 6.45) is 2.78. The average molecular weight is 445 g/mol. The number of nitrogens with one attached hydrogen (secondary N) is 2. The molecule has 0 atom stereocenters. The molecule has 1 aliphatic rings. The molecular formula is C17H28IN5O. The van der Waals surface area contributed by atoms with E-state index in [1.165, 1.54) is 12.8 Å². The van der Waals surface area contributed by atoms with Gasteiger partial charge in [-0.2, -0.15) is 0 Å². The van der Waals surface area contributed by atoms with Crippen LogP contribution >= 0.6 is 24.0 Å². The number of carbonyl (C=O) groups excluding carboxylic acids is 1. The molecule has 0 bridgehead atoms. The van der Waals surface area contributed by atoms with Crippen LogP contribution in [-0.2, 0) is 4.79 Å². The zero-order valence-corrected chi connectivity index (χ0v) is 17.0. The SMILES string of the molecule is CN=C(NCCC(=O)Nc1cccc(C)n1)N1CCC(C)CC1.I. The monoisotopic (exact) mass is 445 g/mol. The van der Waals surface area contributed by atoms with Crippen molar-refractivity contribution in [2.75, 3.05) is 32.0 Å². The first-order chi connectivity index (χ1) is 11.1. The maximum atomic E-state index is 12.0. The Hall–Kier alpha value is -1.38. The van der Waals surface area contributed by atoms with Gasteiger partial charge in [0, 0.05) is 38.8 Å². The van der Waals surface area contributed by atoms with Gasteiger partial charge < -0.3 is 15.5 Å². The number of carbonyl (C=O) groups is 1. The van der Waals surface area contributed by atoms with Crippen LogP contribution in [0, 0.1) is 12.8 Å². The molecule has 0 aromatic carbocycles. The number of aliphatic imine (C=N–C) groups is 1. The molecule has 134 valence electrons. The first-order valence-corrected chi connectivity index (χ1v) is 8.27. The Labute approximate surface area is 161 Å². The van der Waals surface area contributed by atoms with Crippen LogP contribution in [0.5, 0.6) is 0 Å². The third-order valence-corrected chi connectivity index (χ3v) is 4.09. The van der Waals surface area contributed by atoms with E-state index in [0.717, 1.165) is 30.7 Å². The van der Waals surface area contributed by atoms with E-state index in [1.807, 2.05) is 19.1 Å². The van der Waals surface area contributed by atoms with Crippen molar-refractivity contribution in [1.29, 1.82) is 0 Å². The lowest BCUT2D eigenvalue weighted by Crippen LogP contribution is -2.46. The third-order valence-electron chi connectivity index (χ3n) is 4.09. The number of piperidine rings is 1. The zero-order chi connectivity index (χ0) is 16.7. The maximum Gasteiger partial charge on any atom is 0.227 e. The number of hydrogen-bond acceptors (Lipinski definition) is 3. The molecule has 2 rings (SSSR count). The van der Waals surface area contributed by atoms with Crippen molar-refractivity contribution in [3.8, 4) is 0 Å². The lowest BCUT2D eigenvalue weighted by molar-refractivity contribution is -0.116. The molecule has 6 nitrogen and oxygen atoms in total. The largest absolute Gasteiger partial charge is 0.356 e. The van der Waals surface area contributed by atoms with E-state index in [2.05, 4.69) is 32.4 Å². The molecule has 1 aromatic heterocycles. The van der Waals surface area contributed by atoms with E-state index in [-0.39, 0.29) is 29.9 Å². The number of pyridine rings is 1. The van der Waals surface area contributed by atoms with Crippen LogP contribution < -0.4 is 10.6 Å². The van der Waals surface area contributed by atoms with Crippen molar-refractivity contribution in [1.82, 2.24) is 15.2 Å². The molecule has 0 saturated carbocycles. The number of hydrogen-bond donors (Lipinski definition) is 2. The standard InChI is InChI=1S/C17H27N5O.HI/c1-13-8-11-22(12-9-13)17(18-3)19-10-7-16(23)21-15-6-4-5-14(2)20-15;/h4-6,13H,7-12H2,1-3H3,(H,18,19)(H,20,21,23);1H. The fraction of sp³-hybridized carbons (Fsp3) is 0.588. The molecule has 0 aliphatic carbocycles. The molecule has 7 heteroatoms. The van der Waals surface area contributed by atoms with Crippen molar-refractivity contribution in [2.45, 2.75) is 33.1 Å². The highest BCUT2D eigenvalue weighted by atomic mass is 127. The molecule has 1 amide bonds. The first-order valence-electron chi connectivity index (χ1n) is 8.27. The molecule has 1 saturated heterocycles. The Bertz CT molecular complexity index is 556. The summed E-state index contributed by atoms with van der Waals surface area (Å²) in [7, 11) is 1.79. The summed E-state index contributed by atoms with van der Waals surface area (Å²) in [5.41, 5.74) is 0.889. The van der Waals surface area contributed by atoms with Crippen LogP contribution in [0.15, 0.2) is 23.2 Å². The molecule has 1 fully saturated rings. The number of aromatic nitrogens is 1. The quantitative estimate of drug-likeness (QED) is 0.425. The van der Waals surface area contributed by atoms with Gasteiger partial charge >= 0.3 is 0 Å². The van der Waals surface area contributed by atoms with Crippen molar-refractivity contribution in [3.63, 3.8) is 0 Å². The molecule has 0 radical (unpaired) electrons. The fourth-order valence-electron chi connectivity index (χ4n) is 2.66. The normalized spacial score (nSPS) is 15.6. The summed E-state index contributed by atoms with van der Waals surface area (Å²) >= 11 is 0. The van der Waals surface area contributed by atoms with Crippen molar-refractivity contribution < 1.29 is 4.79 Å². The number of aryl methyl sites for hydroxylation is 1. The summed E-state index contributed by atoms with van der Waals surface area (Å²) in [6.45, 7) is 6.81. The molecule has 1 aromatic rings. The number of anilines is 1. The zero-order valence-electron chi connectivity index (χ0n) is 14.7. The van der Waals surface area contributed by atoms with E-state index >= 15 is 0 Å². The minimum Gasteiger partial charge on any atom is -0.356 e. The van der Waals surface area contributed by atoms with Gasteiger partial charge in [-0.3, -0.25) is 9.79 Å². The lowest BCUT2D eigenvalue weighted by Gasteiger charge is -2.32. The van der Waals surface area contributed by atoms with Gasteiger partial charge in [-0.1, -0.05) is 13.0 Å². The van der Waals surface area contributed by atoms with E-state index in [4.69, 9.17) is 0 Å². The van der Waals surface area contributed by atoms with Crippen LogP contribution in [0.1, 0.15) is 31.9 Å². The second-order valence-electron chi connectivity index (χ2n) is 6.11. The van der Waals surface area contributed by atoms with Gasteiger partial charge in [-0.25, -0.2) is 4.98 Å². The highest BCUT2D eigenvalue weighted by molar-refractivity contribution is 14.0. The number of amides is 1. The molecule has 2 N–H and O–H groups in total. The topological polar surface area (TPSA) is 69.6 Å². The van der Waals surface area contributed by atoms with Crippen LogP contribution in [0.2, 0.25) is 0 Å². The van der Waals surface area contributed by atoms with Gasteiger partial charge in [0.15, 0.2) is 5.96 Å². The second kappa shape index (κ2) is 10.5. The Kier molecular flexibility index (Phi) is 9.02. The van der Waals surface area contributed by atoms with E-state index < -0.39 is 0 Å². The van der Waals surface area contributed by atoms with E-state index in [0.29, 0.717) is 18.8 Å². The maximum absolute atomic E-state index is 12.0. The summed E-state index contributed by atoms with van der Waals surface area (Å²) in [4.78, 5) is 22.8. The smallest absolute Gasteiger partial charge is 0.227 e. The summed E-state index contributed by atoms with van der Waals surface area (Å²) < 4.78 is 0. The lowest BCUT2D eigenvalue weighted by atomic mass is 10.00. The predicted molar refractivity (Wildman–Crippen MR) is 109 cm³/mol. The summed E-state index contributed by atoms with van der Waals surface area (Å²) in [6, 6.07) is 5.59. The molecule has 1 aliphatic heterocycles. The van der Waals surface area contributed by atoms with Gasteiger partial charge in [0.25, 0.3) is 0 Å². The minimum atomic E-state index is -0.0432. The van der Waals surface area contributed by atoms with Crippen LogP contribution in [0.4, 0.5) is 5.82 Å². The Morgan fingerprint density at radius 1 is 1.38 bits per heavy atom. The van der Waals surface area contributed by atoms with E-state index in [9.17, 15) is 4.79 Å². The Balaban J connectivity index is 0.00000288. The fourth-order valence-corrected chi connectivity index (χ4v) is 2.66. The molecule has 24 heavy (non-hydrogen) atoms. The van der Waals surface area contributed by atoms with Gasteiger partial charge in [-0.15, -0.1) is 24.0 Å². The number of halogens is 1. The number of rotatable bonds is 4. The highest BCUT2D eigenvalue weighted by Gasteiger charge is 2.18. The van der Waals surface area contributed by atoms with Gasteiger partial charge in [0.1, 0.15) is 5.82 Å². The van der Waals surface area contributed by atoms with Gasteiger partial charge in [-0.05, 0) is 37.8 Å². The van der Waals surface area contributed by atoms with Crippen LogP contribution in [0.25, 0.3) is 0 Å². The van der Waals surface area contributed by atoms with E-state index in [1.54, 1.807) is 13.1 Å². The highest BCUT2D eigenvalue weighted by Crippen LogP contribution is 2.15. The average Bonchev–Trinajstić information content (AvgIpc) is 2.53. The van der Waals surface area contributed by atoms with Crippen LogP contribution in [-0.4, -0.2) is 48.4 Å². The summed E-state index contributed by atoms with van der Waals surface area (Å²) in [5, 5.41) is 6.09. The van der Waals surface area contributed by atoms with Crippen LogP contribution in [0.3, 0.4) is 0 Å². The third kappa shape index (κ3) is 6.62. The summed E-state index contributed by atoms with van der Waals surface area (Å²) in [5.74, 6) is 2.23. The molecular weight excluding hydrogens is 417 g/mol. The predicted octanol–water partition coefficient (Wildman–Crippen LogP) is 2.64. The number of likely N-dealkylation sites (tertiary alicyclic amines) is 1. The minimum absolute atomic E-state index is 0. The van der Waals surface area contributed by atoms with Crippen molar-refractivity contribution in [3.05, 3.63) is 23.9 Å². The second-order valence-corrected chi connectivity index (χ2v) is 6.11. The first kappa shape index (κ1) is 20.7.